The highest BCUT2D eigenvalue weighted by Gasteiger charge is 2.04. The minimum Gasteiger partial charge on any atom is -0.382 e. The molecule has 5 heteroatoms. The summed E-state index contributed by atoms with van der Waals surface area (Å²) in [6.07, 6.45) is 2.09. The number of aromatic nitrogens is 2. The second kappa shape index (κ2) is 5.93. The summed E-state index contributed by atoms with van der Waals surface area (Å²) in [4.78, 5) is 3.52. The van der Waals surface area contributed by atoms with Gasteiger partial charge in [-0.3, -0.25) is 10.00 Å². The molecular weight excluding hydrogens is 244 g/mol. The van der Waals surface area contributed by atoms with Crippen LogP contribution in [0.15, 0.2) is 35.2 Å². The first-order valence-corrected chi connectivity index (χ1v) is 7.01. The Morgan fingerprint density at radius 1 is 1.28 bits per heavy atom. The molecule has 0 amide bonds. The van der Waals surface area contributed by atoms with E-state index in [4.69, 9.17) is 5.73 Å². The smallest absolute Gasteiger partial charge is 0.145 e. The summed E-state index contributed by atoms with van der Waals surface area (Å²) in [5.41, 5.74) is 7.92. The van der Waals surface area contributed by atoms with Crippen molar-refractivity contribution in [2.75, 3.05) is 19.0 Å². The van der Waals surface area contributed by atoms with Crippen molar-refractivity contribution in [3.63, 3.8) is 0 Å². The lowest BCUT2D eigenvalue weighted by Crippen LogP contribution is -2.17. The molecule has 1 heterocycles. The second-order valence-corrected chi connectivity index (χ2v) is 5.22. The lowest BCUT2D eigenvalue weighted by Gasteiger charge is -2.15. The maximum absolute atomic E-state index is 5.58. The molecule has 0 spiro atoms. The first kappa shape index (κ1) is 13.0. The topological polar surface area (TPSA) is 57.9 Å². The van der Waals surface area contributed by atoms with Crippen LogP contribution in [0.1, 0.15) is 11.3 Å². The van der Waals surface area contributed by atoms with Gasteiger partial charge in [0.1, 0.15) is 5.82 Å². The molecule has 0 aliphatic rings. The molecule has 3 N–H and O–H groups in total. The second-order valence-electron chi connectivity index (χ2n) is 4.34. The van der Waals surface area contributed by atoms with Gasteiger partial charge < -0.3 is 5.73 Å². The number of nitrogens with one attached hydrogen (secondary N) is 1. The van der Waals surface area contributed by atoms with E-state index in [0.29, 0.717) is 5.82 Å². The fraction of sp³-hybridized carbons (Fsp3) is 0.308. The average Bonchev–Trinajstić information content (AvgIpc) is 2.75. The SMILES string of the molecule is CSc1ccc(CN(C)Cc2cc(N)n[nH]2)cc1. The van der Waals surface area contributed by atoms with Crippen molar-refractivity contribution in [2.45, 2.75) is 18.0 Å². The Kier molecular flexibility index (Phi) is 4.28. The zero-order valence-corrected chi connectivity index (χ0v) is 11.5. The number of rotatable bonds is 5. The first-order valence-electron chi connectivity index (χ1n) is 5.78. The Balaban J connectivity index is 1.91. The summed E-state index contributed by atoms with van der Waals surface area (Å²) < 4.78 is 0. The Morgan fingerprint density at radius 2 is 2.00 bits per heavy atom. The Hall–Kier alpha value is -1.46. The first-order chi connectivity index (χ1) is 8.67. The molecule has 0 fully saturated rings. The third-order valence-electron chi connectivity index (χ3n) is 2.70. The van der Waals surface area contributed by atoms with Crippen LogP contribution in [-0.2, 0) is 13.1 Å². The number of nitrogen functional groups attached to an aromatic ring is 1. The van der Waals surface area contributed by atoms with Gasteiger partial charge in [0, 0.05) is 24.1 Å². The van der Waals surface area contributed by atoms with Gasteiger partial charge in [0.15, 0.2) is 0 Å². The molecule has 0 saturated heterocycles. The van der Waals surface area contributed by atoms with E-state index in [9.17, 15) is 0 Å². The van der Waals surface area contributed by atoms with Crippen LogP contribution in [0.2, 0.25) is 0 Å². The summed E-state index contributed by atoms with van der Waals surface area (Å²) in [6, 6.07) is 10.5. The van der Waals surface area contributed by atoms with Crippen molar-refractivity contribution in [1.29, 1.82) is 0 Å². The average molecular weight is 262 g/mol. The van der Waals surface area contributed by atoms with Crippen LogP contribution in [-0.4, -0.2) is 28.4 Å². The number of hydrogen-bond acceptors (Lipinski definition) is 4. The predicted octanol–water partition coefficient (Wildman–Crippen LogP) is 2.35. The molecule has 0 radical (unpaired) electrons. The van der Waals surface area contributed by atoms with Gasteiger partial charge in [0.25, 0.3) is 0 Å². The third-order valence-corrected chi connectivity index (χ3v) is 3.45. The molecule has 0 unspecified atom stereocenters. The quantitative estimate of drug-likeness (QED) is 0.812. The lowest BCUT2D eigenvalue weighted by atomic mass is 10.2. The number of nitrogens with zero attached hydrogens (tertiary/aromatic N) is 2. The molecule has 0 aliphatic carbocycles. The molecule has 2 aromatic rings. The molecule has 0 aliphatic heterocycles. The van der Waals surface area contributed by atoms with Crippen molar-refractivity contribution in [3.05, 3.63) is 41.6 Å². The van der Waals surface area contributed by atoms with Crippen LogP contribution in [0.3, 0.4) is 0 Å². The van der Waals surface area contributed by atoms with Crippen LogP contribution >= 0.6 is 11.8 Å². The molecule has 0 atom stereocenters. The Labute approximate surface area is 112 Å². The van der Waals surface area contributed by atoms with Gasteiger partial charge >= 0.3 is 0 Å². The predicted molar refractivity (Wildman–Crippen MR) is 76.4 cm³/mol. The van der Waals surface area contributed by atoms with Gasteiger partial charge in [0.05, 0.1) is 5.69 Å². The summed E-state index contributed by atoms with van der Waals surface area (Å²) in [6.45, 7) is 1.72. The van der Waals surface area contributed by atoms with Gasteiger partial charge in [-0.15, -0.1) is 11.8 Å². The van der Waals surface area contributed by atoms with E-state index in [0.717, 1.165) is 18.8 Å². The zero-order chi connectivity index (χ0) is 13.0. The number of nitrogens with two attached hydrogens (primary N) is 1. The largest absolute Gasteiger partial charge is 0.382 e. The fourth-order valence-corrected chi connectivity index (χ4v) is 2.26. The number of thioether (sulfide) groups is 1. The number of H-pyrrole nitrogens is 1. The maximum Gasteiger partial charge on any atom is 0.145 e. The monoisotopic (exact) mass is 262 g/mol. The van der Waals surface area contributed by atoms with Crippen molar-refractivity contribution < 1.29 is 0 Å². The molecule has 18 heavy (non-hydrogen) atoms. The minimum absolute atomic E-state index is 0.544. The van der Waals surface area contributed by atoms with Crippen LogP contribution in [0.5, 0.6) is 0 Å². The van der Waals surface area contributed by atoms with E-state index in [1.54, 1.807) is 11.8 Å². The maximum atomic E-state index is 5.58. The van der Waals surface area contributed by atoms with Crippen LogP contribution in [0.25, 0.3) is 0 Å². The van der Waals surface area contributed by atoms with Crippen molar-refractivity contribution in [3.8, 4) is 0 Å². The van der Waals surface area contributed by atoms with Crippen molar-refractivity contribution >= 4 is 17.6 Å². The number of anilines is 1. The molecule has 0 saturated carbocycles. The molecular formula is C13H18N4S. The molecule has 4 nitrogen and oxygen atoms in total. The van der Waals surface area contributed by atoms with E-state index in [-0.39, 0.29) is 0 Å². The molecule has 96 valence electrons. The van der Waals surface area contributed by atoms with Gasteiger partial charge in [-0.1, -0.05) is 12.1 Å². The Bertz CT molecular complexity index is 492. The summed E-state index contributed by atoms with van der Waals surface area (Å²) in [5.74, 6) is 0.544. The van der Waals surface area contributed by atoms with Gasteiger partial charge in [0.2, 0.25) is 0 Å². The van der Waals surface area contributed by atoms with Crippen molar-refractivity contribution in [1.82, 2.24) is 15.1 Å². The minimum atomic E-state index is 0.544. The molecule has 1 aromatic heterocycles. The number of hydrogen-bond donors (Lipinski definition) is 2. The van der Waals surface area contributed by atoms with E-state index >= 15 is 0 Å². The van der Waals surface area contributed by atoms with Crippen LogP contribution in [0, 0.1) is 0 Å². The van der Waals surface area contributed by atoms with E-state index in [1.165, 1.54) is 10.5 Å². The highest BCUT2D eigenvalue weighted by atomic mass is 32.2. The summed E-state index contributed by atoms with van der Waals surface area (Å²) >= 11 is 1.76. The van der Waals surface area contributed by atoms with E-state index in [2.05, 4.69) is 52.7 Å². The molecule has 1 aromatic carbocycles. The van der Waals surface area contributed by atoms with E-state index in [1.807, 2.05) is 6.07 Å². The highest BCUT2D eigenvalue weighted by molar-refractivity contribution is 7.98. The normalized spacial score (nSPS) is 11.1. The standard InChI is InChI=1S/C13H18N4S/c1-17(9-11-7-13(14)16-15-11)8-10-3-5-12(18-2)6-4-10/h3-7H,8-9H2,1-2H3,(H3,14,15,16). The molecule has 0 bridgehead atoms. The highest BCUT2D eigenvalue weighted by Crippen LogP contribution is 2.16. The lowest BCUT2D eigenvalue weighted by molar-refractivity contribution is 0.315. The molecule has 2 rings (SSSR count). The summed E-state index contributed by atoms with van der Waals surface area (Å²) in [7, 11) is 2.08. The third kappa shape index (κ3) is 3.51. The van der Waals surface area contributed by atoms with Crippen LogP contribution < -0.4 is 5.73 Å². The van der Waals surface area contributed by atoms with E-state index < -0.39 is 0 Å². The Morgan fingerprint density at radius 3 is 2.56 bits per heavy atom. The fourth-order valence-electron chi connectivity index (χ4n) is 1.85. The summed E-state index contributed by atoms with van der Waals surface area (Å²) in [5, 5.41) is 6.84. The van der Waals surface area contributed by atoms with Crippen LogP contribution in [0.4, 0.5) is 5.82 Å². The van der Waals surface area contributed by atoms with Gasteiger partial charge in [-0.2, -0.15) is 5.10 Å². The number of aromatic amines is 1. The number of benzene rings is 1. The zero-order valence-electron chi connectivity index (χ0n) is 10.7. The van der Waals surface area contributed by atoms with Gasteiger partial charge in [-0.25, -0.2) is 0 Å². The van der Waals surface area contributed by atoms with Gasteiger partial charge in [-0.05, 0) is 31.0 Å². The van der Waals surface area contributed by atoms with Crippen molar-refractivity contribution in [2.24, 2.45) is 0 Å².